The monoisotopic (exact) mass is 317 g/mol. The van der Waals surface area contributed by atoms with E-state index in [1.165, 1.54) is 18.4 Å². The van der Waals surface area contributed by atoms with Crippen LogP contribution < -0.4 is 14.4 Å². The average molecular weight is 317 g/mol. The standard InChI is InChI=1S/C16H19N3O2S/c1-16(5-2-6-19(9-16)15-18-17-10-22-15)8-12-3-4-13-14(7-12)21-11-20-13/h3-4,7,10H,2,5-6,8-9,11H2,1H3/t16-/m0/s1. The molecule has 1 fully saturated rings. The Bertz CT molecular complexity index is 661. The zero-order valence-electron chi connectivity index (χ0n) is 12.6. The first-order chi connectivity index (χ1) is 10.7. The van der Waals surface area contributed by atoms with Crippen molar-refractivity contribution in [2.24, 2.45) is 5.41 Å². The summed E-state index contributed by atoms with van der Waals surface area (Å²) >= 11 is 1.62. The van der Waals surface area contributed by atoms with Crippen LogP contribution >= 0.6 is 11.3 Å². The van der Waals surface area contributed by atoms with E-state index in [-0.39, 0.29) is 5.41 Å². The highest BCUT2D eigenvalue weighted by atomic mass is 32.1. The number of benzene rings is 1. The van der Waals surface area contributed by atoms with Crippen molar-refractivity contribution < 1.29 is 9.47 Å². The Morgan fingerprint density at radius 3 is 3.09 bits per heavy atom. The molecule has 2 aromatic rings. The molecule has 0 amide bonds. The third kappa shape index (κ3) is 2.63. The molecule has 1 saturated heterocycles. The molecule has 4 rings (SSSR count). The van der Waals surface area contributed by atoms with Gasteiger partial charge in [-0.1, -0.05) is 24.3 Å². The van der Waals surface area contributed by atoms with E-state index in [0.29, 0.717) is 6.79 Å². The Labute approximate surface area is 133 Å². The number of hydrogen-bond acceptors (Lipinski definition) is 6. The van der Waals surface area contributed by atoms with Crippen molar-refractivity contribution in [2.45, 2.75) is 26.2 Å². The lowest BCUT2D eigenvalue weighted by atomic mass is 9.77. The molecule has 6 heteroatoms. The van der Waals surface area contributed by atoms with Gasteiger partial charge in [-0.15, -0.1) is 10.2 Å². The van der Waals surface area contributed by atoms with Crippen molar-refractivity contribution in [1.29, 1.82) is 0 Å². The van der Waals surface area contributed by atoms with Crippen LogP contribution in [-0.4, -0.2) is 30.1 Å². The van der Waals surface area contributed by atoms with Crippen LogP contribution in [0.3, 0.4) is 0 Å². The molecule has 1 aromatic carbocycles. The fourth-order valence-electron chi connectivity index (χ4n) is 3.47. The summed E-state index contributed by atoms with van der Waals surface area (Å²) in [5, 5.41) is 9.22. The van der Waals surface area contributed by atoms with E-state index in [9.17, 15) is 0 Å². The van der Waals surface area contributed by atoms with Gasteiger partial charge in [0.05, 0.1) is 0 Å². The first kappa shape index (κ1) is 13.8. The van der Waals surface area contributed by atoms with E-state index in [1.54, 1.807) is 16.8 Å². The van der Waals surface area contributed by atoms with Gasteiger partial charge in [0.25, 0.3) is 0 Å². The first-order valence-electron chi connectivity index (χ1n) is 7.62. The molecule has 2 aliphatic heterocycles. The van der Waals surface area contributed by atoms with Crippen LogP contribution in [0.2, 0.25) is 0 Å². The maximum Gasteiger partial charge on any atom is 0.231 e. The van der Waals surface area contributed by atoms with Crippen molar-refractivity contribution in [3.05, 3.63) is 29.3 Å². The lowest BCUT2D eigenvalue weighted by molar-refractivity contribution is 0.174. The molecule has 5 nitrogen and oxygen atoms in total. The van der Waals surface area contributed by atoms with Crippen molar-refractivity contribution in [3.63, 3.8) is 0 Å². The topological polar surface area (TPSA) is 47.5 Å². The lowest BCUT2D eigenvalue weighted by Crippen LogP contribution is -2.42. The molecule has 0 aliphatic carbocycles. The Morgan fingerprint density at radius 1 is 1.32 bits per heavy atom. The van der Waals surface area contributed by atoms with Crippen molar-refractivity contribution in [1.82, 2.24) is 10.2 Å². The molecular weight excluding hydrogens is 298 g/mol. The second-order valence-corrected chi connectivity index (χ2v) is 7.23. The summed E-state index contributed by atoms with van der Waals surface area (Å²) in [4.78, 5) is 2.37. The van der Waals surface area contributed by atoms with Crippen LogP contribution in [0.5, 0.6) is 11.5 Å². The number of piperidine rings is 1. The minimum Gasteiger partial charge on any atom is -0.454 e. The van der Waals surface area contributed by atoms with Crippen LogP contribution in [0.15, 0.2) is 23.7 Å². The molecule has 0 bridgehead atoms. The smallest absolute Gasteiger partial charge is 0.231 e. The molecule has 116 valence electrons. The summed E-state index contributed by atoms with van der Waals surface area (Å²) in [6.07, 6.45) is 3.47. The average Bonchev–Trinajstić information content (AvgIpc) is 3.18. The zero-order chi connectivity index (χ0) is 15.0. The van der Waals surface area contributed by atoms with Gasteiger partial charge in [0.15, 0.2) is 11.5 Å². The fourth-order valence-corrected chi connectivity index (χ4v) is 4.06. The number of hydrogen-bond donors (Lipinski definition) is 0. The largest absolute Gasteiger partial charge is 0.454 e. The van der Waals surface area contributed by atoms with E-state index < -0.39 is 0 Å². The summed E-state index contributed by atoms with van der Waals surface area (Å²) in [7, 11) is 0. The van der Waals surface area contributed by atoms with Gasteiger partial charge in [0.2, 0.25) is 11.9 Å². The summed E-state index contributed by atoms with van der Waals surface area (Å²) in [6, 6.07) is 6.30. The van der Waals surface area contributed by atoms with Crippen molar-refractivity contribution in [2.75, 3.05) is 24.8 Å². The number of anilines is 1. The van der Waals surface area contributed by atoms with Gasteiger partial charge in [-0.25, -0.2) is 0 Å². The minimum atomic E-state index is 0.248. The van der Waals surface area contributed by atoms with Crippen LogP contribution in [0, 0.1) is 5.41 Å². The molecule has 0 spiro atoms. The van der Waals surface area contributed by atoms with E-state index in [1.807, 2.05) is 6.07 Å². The molecule has 0 unspecified atom stereocenters. The SMILES string of the molecule is C[C@@]1(Cc2ccc3c(c2)OCO3)CCCN(c2nncs2)C1. The Balaban J connectivity index is 1.51. The predicted octanol–water partition coefficient (Wildman–Crippen LogP) is 3.12. The number of aromatic nitrogens is 2. The van der Waals surface area contributed by atoms with Crippen LogP contribution in [0.4, 0.5) is 5.13 Å². The van der Waals surface area contributed by atoms with Crippen LogP contribution in [0.25, 0.3) is 0 Å². The summed E-state index contributed by atoms with van der Waals surface area (Å²) < 4.78 is 10.9. The summed E-state index contributed by atoms with van der Waals surface area (Å²) in [5.74, 6) is 1.73. The molecule has 1 aromatic heterocycles. The third-order valence-electron chi connectivity index (χ3n) is 4.47. The molecular formula is C16H19N3O2S. The molecule has 1 atom stereocenters. The minimum absolute atomic E-state index is 0.248. The van der Waals surface area contributed by atoms with Gasteiger partial charge in [-0.05, 0) is 42.4 Å². The van der Waals surface area contributed by atoms with Crippen molar-refractivity contribution in [3.8, 4) is 11.5 Å². The zero-order valence-corrected chi connectivity index (χ0v) is 13.4. The number of fused-ring (bicyclic) bond motifs is 1. The molecule has 0 N–H and O–H groups in total. The summed E-state index contributed by atoms with van der Waals surface area (Å²) in [5.41, 5.74) is 3.36. The Hall–Kier alpha value is -1.82. The van der Waals surface area contributed by atoms with E-state index in [2.05, 4.69) is 34.2 Å². The van der Waals surface area contributed by atoms with E-state index >= 15 is 0 Å². The Morgan fingerprint density at radius 2 is 2.23 bits per heavy atom. The molecule has 2 aliphatic rings. The first-order valence-corrected chi connectivity index (χ1v) is 8.50. The number of rotatable bonds is 3. The maximum absolute atomic E-state index is 5.49. The highest BCUT2D eigenvalue weighted by Crippen LogP contribution is 2.38. The molecule has 0 saturated carbocycles. The van der Waals surface area contributed by atoms with Gasteiger partial charge in [0, 0.05) is 13.1 Å². The van der Waals surface area contributed by atoms with Gasteiger partial charge >= 0.3 is 0 Å². The van der Waals surface area contributed by atoms with Crippen LogP contribution in [0.1, 0.15) is 25.3 Å². The van der Waals surface area contributed by atoms with Crippen molar-refractivity contribution >= 4 is 16.5 Å². The maximum atomic E-state index is 5.49. The second kappa shape index (κ2) is 5.43. The van der Waals surface area contributed by atoms with Gasteiger partial charge in [-0.2, -0.15) is 0 Å². The highest BCUT2D eigenvalue weighted by Gasteiger charge is 2.32. The number of nitrogens with zero attached hydrogens (tertiary/aromatic N) is 3. The highest BCUT2D eigenvalue weighted by molar-refractivity contribution is 7.13. The molecule has 0 radical (unpaired) electrons. The van der Waals surface area contributed by atoms with E-state index in [4.69, 9.17) is 9.47 Å². The number of ether oxygens (including phenoxy) is 2. The van der Waals surface area contributed by atoms with Crippen LogP contribution in [-0.2, 0) is 6.42 Å². The second-order valence-electron chi connectivity index (χ2n) is 6.42. The Kier molecular flexibility index (Phi) is 3.41. The molecule has 3 heterocycles. The normalized spacial score (nSPS) is 23.8. The van der Waals surface area contributed by atoms with Gasteiger partial charge in [0.1, 0.15) is 5.51 Å². The van der Waals surface area contributed by atoms with Gasteiger partial charge < -0.3 is 14.4 Å². The fraction of sp³-hybridized carbons (Fsp3) is 0.500. The third-order valence-corrected chi connectivity index (χ3v) is 5.22. The molecule has 22 heavy (non-hydrogen) atoms. The van der Waals surface area contributed by atoms with Gasteiger partial charge in [-0.3, -0.25) is 0 Å². The lowest BCUT2D eigenvalue weighted by Gasteiger charge is -2.40. The quantitative estimate of drug-likeness (QED) is 0.870. The van der Waals surface area contributed by atoms with E-state index in [0.717, 1.165) is 36.1 Å². The summed E-state index contributed by atoms with van der Waals surface area (Å²) in [6.45, 7) is 4.80. The predicted molar refractivity (Wildman–Crippen MR) is 85.7 cm³/mol.